The highest BCUT2D eigenvalue weighted by molar-refractivity contribution is 7.99. The van der Waals surface area contributed by atoms with Gasteiger partial charge in [-0.25, -0.2) is 4.79 Å². The fourth-order valence-corrected chi connectivity index (χ4v) is 4.14. The lowest BCUT2D eigenvalue weighted by atomic mass is 10.1. The van der Waals surface area contributed by atoms with Crippen molar-refractivity contribution in [1.29, 1.82) is 0 Å². The van der Waals surface area contributed by atoms with Gasteiger partial charge in [0.15, 0.2) is 0 Å². The fraction of sp³-hybridized carbons (Fsp3) is 0.286. The zero-order chi connectivity index (χ0) is 24.6. The molecule has 0 aliphatic rings. The molecule has 0 unspecified atom stereocenters. The Bertz CT molecular complexity index is 1090. The number of ether oxygens (including phenoxy) is 2. The molecule has 3 aromatic carbocycles. The van der Waals surface area contributed by atoms with Crippen molar-refractivity contribution in [3.8, 4) is 5.75 Å². The first-order chi connectivity index (χ1) is 16.2. The van der Waals surface area contributed by atoms with E-state index in [1.807, 2.05) is 81.4 Å². The lowest BCUT2D eigenvalue weighted by Gasteiger charge is -2.27. The number of hydrogen-bond acceptors (Lipinski definition) is 5. The maximum absolute atomic E-state index is 12.8. The van der Waals surface area contributed by atoms with Gasteiger partial charge in [0.05, 0.1) is 4.90 Å². The molecule has 178 valence electrons. The Hall–Kier alpha value is -3.25. The van der Waals surface area contributed by atoms with Gasteiger partial charge in [-0.3, -0.25) is 4.79 Å². The van der Waals surface area contributed by atoms with Crippen LogP contribution in [0.4, 0.5) is 4.79 Å². The third kappa shape index (κ3) is 8.27. The molecule has 3 rings (SSSR count). The average molecular weight is 478 g/mol. The van der Waals surface area contributed by atoms with Crippen LogP contribution in [-0.2, 0) is 22.5 Å². The highest BCUT2D eigenvalue weighted by Gasteiger charge is 2.22. The van der Waals surface area contributed by atoms with Crippen molar-refractivity contribution in [2.75, 3.05) is 6.54 Å². The molecule has 0 heterocycles. The van der Waals surface area contributed by atoms with Crippen LogP contribution in [0.15, 0.2) is 88.7 Å². The molecule has 0 saturated heterocycles. The normalized spacial score (nSPS) is 11.1. The molecule has 0 aliphatic heterocycles. The van der Waals surface area contributed by atoms with E-state index >= 15 is 0 Å². The van der Waals surface area contributed by atoms with Gasteiger partial charge in [-0.1, -0.05) is 66.4 Å². The molecule has 0 spiro atoms. The van der Waals surface area contributed by atoms with Gasteiger partial charge < -0.3 is 14.4 Å². The van der Waals surface area contributed by atoms with E-state index in [1.165, 1.54) is 6.92 Å². The Morgan fingerprint density at radius 1 is 0.853 bits per heavy atom. The molecule has 6 heteroatoms. The first-order valence-electron chi connectivity index (χ1n) is 11.3. The van der Waals surface area contributed by atoms with Crippen LogP contribution in [0, 0.1) is 0 Å². The van der Waals surface area contributed by atoms with Crippen molar-refractivity contribution < 1.29 is 19.1 Å². The summed E-state index contributed by atoms with van der Waals surface area (Å²) in [6.45, 7) is 8.07. The predicted molar refractivity (Wildman–Crippen MR) is 135 cm³/mol. The van der Waals surface area contributed by atoms with Crippen molar-refractivity contribution >= 4 is 23.8 Å². The second-order valence-electron chi connectivity index (χ2n) is 8.92. The maximum atomic E-state index is 12.8. The smallest absolute Gasteiger partial charge is 0.410 e. The molecule has 0 aliphatic carbocycles. The number of para-hydroxylation sites is 1. The molecule has 0 saturated carbocycles. The molecule has 34 heavy (non-hydrogen) atoms. The highest BCUT2D eigenvalue weighted by Crippen LogP contribution is 2.35. The minimum atomic E-state index is -0.548. The Morgan fingerprint density at radius 2 is 1.50 bits per heavy atom. The highest BCUT2D eigenvalue weighted by atomic mass is 32.2. The van der Waals surface area contributed by atoms with Crippen LogP contribution in [0.25, 0.3) is 0 Å². The molecule has 0 bridgehead atoms. The zero-order valence-corrected chi connectivity index (χ0v) is 20.9. The van der Waals surface area contributed by atoms with Crippen molar-refractivity contribution in [2.24, 2.45) is 0 Å². The first-order valence-corrected chi connectivity index (χ1v) is 12.1. The third-order valence-corrected chi connectivity index (χ3v) is 5.86. The van der Waals surface area contributed by atoms with Crippen molar-refractivity contribution in [1.82, 2.24) is 4.90 Å². The number of esters is 1. The summed E-state index contributed by atoms with van der Waals surface area (Å²) < 4.78 is 10.9. The largest absolute Gasteiger partial charge is 0.444 e. The minimum Gasteiger partial charge on any atom is -0.444 e. The van der Waals surface area contributed by atoms with E-state index in [2.05, 4.69) is 12.1 Å². The molecule has 0 atom stereocenters. The molecular weight excluding hydrogens is 446 g/mol. The predicted octanol–water partition coefficient (Wildman–Crippen LogP) is 6.74. The summed E-state index contributed by atoms with van der Waals surface area (Å²) in [7, 11) is 0. The average Bonchev–Trinajstić information content (AvgIpc) is 2.78. The topological polar surface area (TPSA) is 55.8 Å². The Labute approximate surface area is 206 Å². The number of hydrogen-bond donors (Lipinski definition) is 0. The van der Waals surface area contributed by atoms with Gasteiger partial charge >= 0.3 is 12.1 Å². The van der Waals surface area contributed by atoms with Gasteiger partial charge in [0.1, 0.15) is 11.4 Å². The second kappa shape index (κ2) is 11.7. The quantitative estimate of drug-likeness (QED) is 0.266. The van der Waals surface area contributed by atoms with E-state index in [-0.39, 0.29) is 12.1 Å². The number of carbonyl (C=O) groups excluding carboxylic acids is 2. The zero-order valence-electron chi connectivity index (χ0n) is 20.1. The van der Waals surface area contributed by atoms with Crippen LogP contribution >= 0.6 is 11.8 Å². The van der Waals surface area contributed by atoms with Crippen LogP contribution in [0.2, 0.25) is 0 Å². The Kier molecular flexibility index (Phi) is 8.77. The maximum Gasteiger partial charge on any atom is 0.410 e. The molecule has 3 aromatic rings. The molecule has 0 N–H and O–H groups in total. The van der Waals surface area contributed by atoms with Crippen LogP contribution in [0.3, 0.4) is 0 Å². The van der Waals surface area contributed by atoms with Gasteiger partial charge in [-0.05, 0) is 62.6 Å². The summed E-state index contributed by atoms with van der Waals surface area (Å²) in [4.78, 5) is 27.8. The minimum absolute atomic E-state index is 0.314. The second-order valence-corrected chi connectivity index (χ2v) is 10.0. The van der Waals surface area contributed by atoms with E-state index in [0.717, 1.165) is 20.9 Å². The molecule has 0 fully saturated rings. The lowest BCUT2D eigenvalue weighted by molar-refractivity contribution is -0.132. The molecule has 5 nitrogen and oxygen atoms in total. The molecule has 0 radical (unpaired) electrons. The number of nitrogens with zero attached hydrogens (tertiary/aromatic N) is 1. The van der Waals surface area contributed by atoms with Crippen molar-refractivity contribution in [3.05, 3.63) is 90.0 Å². The molecular formula is C28H31NO4S. The van der Waals surface area contributed by atoms with Crippen LogP contribution in [-0.4, -0.2) is 29.1 Å². The van der Waals surface area contributed by atoms with E-state index in [1.54, 1.807) is 22.7 Å². The van der Waals surface area contributed by atoms with Gasteiger partial charge in [0, 0.05) is 24.9 Å². The number of rotatable bonds is 8. The summed E-state index contributed by atoms with van der Waals surface area (Å²) >= 11 is 1.54. The Balaban J connectivity index is 1.65. The van der Waals surface area contributed by atoms with E-state index in [0.29, 0.717) is 25.3 Å². The van der Waals surface area contributed by atoms with E-state index in [4.69, 9.17) is 9.47 Å². The number of benzene rings is 3. The molecule has 0 aromatic heterocycles. The van der Waals surface area contributed by atoms with Crippen LogP contribution in [0.5, 0.6) is 5.75 Å². The van der Waals surface area contributed by atoms with Gasteiger partial charge in [-0.2, -0.15) is 0 Å². The lowest BCUT2D eigenvalue weighted by Crippen LogP contribution is -2.37. The summed E-state index contributed by atoms with van der Waals surface area (Å²) in [5, 5.41) is 0. The fourth-order valence-electron chi connectivity index (χ4n) is 3.25. The summed E-state index contributed by atoms with van der Waals surface area (Å²) in [5.41, 5.74) is 1.64. The SMILES string of the molecule is CC(=O)Oc1ccccc1Sc1ccc(CCN(Cc2ccccc2)C(=O)OC(C)(C)C)cc1. The number of amides is 1. The monoisotopic (exact) mass is 477 g/mol. The van der Waals surface area contributed by atoms with E-state index in [9.17, 15) is 9.59 Å². The van der Waals surface area contributed by atoms with Crippen LogP contribution < -0.4 is 4.74 Å². The van der Waals surface area contributed by atoms with Crippen molar-refractivity contribution in [3.63, 3.8) is 0 Å². The summed E-state index contributed by atoms with van der Waals surface area (Å²) in [5.74, 6) is 0.214. The summed E-state index contributed by atoms with van der Waals surface area (Å²) in [6, 6.07) is 25.6. The third-order valence-electron chi connectivity index (χ3n) is 4.79. The number of carbonyl (C=O) groups is 2. The van der Waals surface area contributed by atoms with Crippen molar-refractivity contribution in [2.45, 2.75) is 56.1 Å². The van der Waals surface area contributed by atoms with E-state index < -0.39 is 5.60 Å². The van der Waals surface area contributed by atoms with Gasteiger partial charge in [0.25, 0.3) is 0 Å². The van der Waals surface area contributed by atoms with Crippen LogP contribution in [0.1, 0.15) is 38.8 Å². The van der Waals surface area contributed by atoms with Gasteiger partial charge in [-0.15, -0.1) is 0 Å². The molecule has 1 amide bonds. The summed E-state index contributed by atoms with van der Waals surface area (Å²) in [6.07, 6.45) is 0.395. The Morgan fingerprint density at radius 3 is 2.15 bits per heavy atom. The standard InChI is InChI=1S/C28H31NO4S/c1-21(30)32-25-12-8-9-13-26(25)34-24-16-14-22(15-17-24)18-19-29(27(31)33-28(2,3)4)20-23-10-6-5-7-11-23/h5-17H,18-20H2,1-4H3. The first kappa shape index (κ1) is 25.4. The van der Waals surface area contributed by atoms with Gasteiger partial charge in [0.2, 0.25) is 0 Å².